The van der Waals surface area contributed by atoms with E-state index in [1.165, 1.54) is 7.11 Å². The number of anilines is 1. The molecule has 2 bridgehead atoms. The van der Waals surface area contributed by atoms with E-state index in [0.29, 0.717) is 41.9 Å². The molecule has 3 atom stereocenters. The Labute approximate surface area is 157 Å². The van der Waals surface area contributed by atoms with E-state index in [2.05, 4.69) is 10.00 Å². The summed E-state index contributed by atoms with van der Waals surface area (Å²) in [5, 5.41) is 5.22. The van der Waals surface area contributed by atoms with Gasteiger partial charge in [-0.3, -0.25) is 0 Å². The Bertz CT molecular complexity index is 845. The maximum Gasteiger partial charge on any atom is 0.338 e. The maximum absolute atomic E-state index is 12.5. The van der Waals surface area contributed by atoms with Gasteiger partial charge in [-0.25, -0.2) is 14.5 Å². The third-order valence-electron chi connectivity index (χ3n) is 5.89. The summed E-state index contributed by atoms with van der Waals surface area (Å²) in [6.45, 7) is 2.13. The van der Waals surface area contributed by atoms with Gasteiger partial charge in [-0.05, 0) is 38.2 Å². The summed E-state index contributed by atoms with van der Waals surface area (Å²) in [4.78, 5) is 19.7. The second-order valence-electron chi connectivity index (χ2n) is 7.50. The van der Waals surface area contributed by atoms with Crippen molar-refractivity contribution < 1.29 is 19.0 Å². The van der Waals surface area contributed by atoms with Gasteiger partial charge in [0, 0.05) is 6.61 Å². The van der Waals surface area contributed by atoms with E-state index in [0.717, 1.165) is 44.5 Å². The van der Waals surface area contributed by atoms with Crippen molar-refractivity contribution in [1.29, 1.82) is 0 Å². The molecule has 3 unspecified atom stereocenters. The molecule has 3 fully saturated rings. The molecule has 0 aromatic carbocycles. The second-order valence-corrected chi connectivity index (χ2v) is 7.50. The van der Waals surface area contributed by atoms with Crippen molar-refractivity contribution in [1.82, 2.24) is 14.8 Å². The Balaban J connectivity index is 1.64. The zero-order chi connectivity index (χ0) is 18.4. The molecule has 0 saturated carbocycles. The fraction of sp³-hybridized carbons (Fsp3) is 0.632. The van der Waals surface area contributed by atoms with Gasteiger partial charge >= 0.3 is 5.97 Å². The molecule has 0 amide bonds. The highest BCUT2D eigenvalue weighted by molar-refractivity contribution is 6.03. The molecule has 8 heteroatoms. The molecular weight excluding hydrogens is 348 g/mol. The van der Waals surface area contributed by atoms with Crippen molar-refractivity contribution in [3.05, 3.63) is 17.8 Å². The van der Waals surface area contributed by atoms with Crippen molar-refractivity contribution in [3.8, 4) is 0 Å². The maximum atomic E-state index is 12.5. The van der Waals surface area contributed by atoms with Crippen LogP contribution in [0.5, 0.6) is 0 Å². The number of esters is 1. The molecular formula is C19H24N4O4. The van der Waals surface area contributed by atoms with E-state index in [-0.39, 0.29) is 12.2 Å². The van der Waals surface area contributed by atoms with E-state index < -0.39 is 0 Å². The molecule has 5 heterocycles. The largest absolute Gasteiger partial charge is 0.465 e. The lowest BCUT2D eigenvalue weighted by Crippen LogP contribution is -2.46. The van der Waals surface area contributed by atoms with Crippen LogP contribution in [0.1, 0.15) is 48.7 Å². The smallest absolute Gasteiger partial charge is 0.338 e. The minimum Gasteiger partial charge on any atom is -0.465 e. The number of hydrogen-bond donors (Lipinski definition) is 0. The normalized spacial score (nSPS) is 27.9. The average Bonchev–Trinajstić information content (AvgIpc) is 3.25. The van der Waals surface area contributed by atoms with Crippen LogP contribution in [-0.4, -0.2) is 59.7 Å². The number of aromatic nitrogens is 3. The lowest BCUT2D eigenvalue weighted by molar-refractivity contribution is -0.0370. The highest BCUT2D eigenvalue weighted by Gasteiger charge is 2.39. The Morgan fingerprint density at radius 3 is 2.74 bits per heavy atom. The number of morpholine rings is 1. The van der Waals surface area contributed by atoms with Gasteiger partial charge < -0.3 is 19.1 Å². The minimum absolute atomic E-state index is 0.133. The van der Waals surface area contributed by atoms with Gasteiger partial charge in [-0.2, -0.15) is 5.10 Å². The molecule has 144 valence electrons. The molecule has 3 aliphatic heterocycles. The first-order chi connectivity index (χ1) is 13.3. The highest BCUT2D eigenvalue weighted by Crippen LogP contribution is 2.36. The Kier molecular flexibility index (Phi) is 4.24. The third kappa shape index (κ3) is 2.78. The van der Waals surface area contributed by atoms with Gasteiger partial charge in [-0.15, -0.1) is 0 Å². The molecule has 0 N–H and O–H groups in total. The number of rotatable bonds is 3. The number of ether oxygens (including phenoxy) is 3. The van der Waals surface area contributed by atoms with E-state index in [4.69, 9.17) is 19.2 Å². The van der Waals surface area contributed by atoms with E-state index >= 15 is 0 Å². The first-order valence-corrected chi connectivity index (χ1v) is 9.70. The molecule has 0 radical (unpaired) electrons. The van der Waals surface area contributed by atoms with Gasteiger partial charge in [0.05, 0.1) is 49.6 Å². The Morgan fingerprint density at radius 2 is 2.04 bits per heavy atom. The summed E-state index contributed by atoms with van der Waals surface area (Å²) in [5.41, 5.74) is 1.19. The van der Waals surface area contributed by atoms with Crippen LogP contribution in [0, 0.1) is 0 Å². The fourth-order valence-corrected chi connectivity index (χ4v) is 4.55. The van der Waals surface area contributed by atoms with Gasteiger partial charge in [0.1, 0.15) is 5.82 Å². The van der Waals surface area contributed by atoms with Crippen LogP contribution in [0.15, 0.2) is 12.3 Å². The van der Waals surface area contributed by atoms with E-state index in [9.17, 15) is 4.79 Å². The summed E-state index contributed by atoms with van der Waals surface area (Å²) in [6, 6.07) is 2.46. The fourth-order valence-electron chi connectivity index (χ4n) is 4.55. The van der Waals surface area contributed by atoms with Crippen LogP contribution in [0.3, 0.4) is 0 Å². The molecule has 5 rings (SSSR count). The van der Waals surface area contributed by atoms with Crippen LogP contribution < -0.4 is 4.90 Å². The molecule has 0 aliphatic carbocycles. The van der Waals surface area contributed by atoms with Crippen LogP contribution >= 0.6 is 0 Å². The molecule has 2 aromatic rings. The summed E-state index contributed by atoms with van der Waals surface area (Å²) < 4.78 is 18.5. The van der Waals surface area contributed by atoms with Crippen LogP contribution in [0.4, 0.5) is 5.82 Å². The van der Waals surface area contributed by atoms with E-state index in [1.807, 2.05) is 10.7 Å². The lowest BCUT2D eigenvalue weighted by Gasteiger charge is -2.35. The van der Waals surface area contributed by atoms with Crippen molar-refractivity contribution >= 4 is 22.8 Å². The summed E-state index contributed by atoms with van der Waals surface area (Å²) in [7, 11) is 1.40. The van der Waals surface area contributed by atoms with Crippen LogP contribution in [-0.2, 0) is 14.2 Å². The summed E-state index contributed by atoms with van der Waals surface area (Å²) >= 11 is 0. The molecule has 8 nitrogen and oxygen atoms in total. The predicted octanol–water partition coefficient (Wildman–Crippen LogP) is 2.28. The van der Waals surface area contributed by atoms with Gasteiger partial charge in [0.25, 0.3) is 0 Å². The number of hydrogen-bond acceptors (Lipinski definition) is 7. The lowest BCUT2D eigenvalue weighted by atomic mass is 10.1. The SMILES string of the molecule is COC(=O)c1cc(N2C3CCC2COC3)nc2c1cnn2C1CCCCO1. The van der Waals surface area contributed by atoms with Crippen molar-refractivity contribution in [2.45, 2.75) is 50.4 Å². The highest BCUT2D eigenvalue weighted by atomic mass is 16.5. The van der Waals surface area contributed by atoms with Crippen molar-refractivity contribution in [2.75, 3.05) is 31.8 Å². The number of methoxy groups -OCH3 is 1. The number of nitrogens with zero attached hydrogens (tertiary/aromatic N) is 4. The molecule has 3 aliphatic rings. The van der Waals surface area contributed by atoms with Gasteiger partial charge in [0.2, 0.25) is 0 Å². The number of carbonyl (C=O) groups is 1. The first kappa shape index (κ1) is 16.9. The van der Waals surface area contributed by atoms with Crippen molar-refractivity contribution in [3.63, 3.8) is 0 Å². The number of pyridine rings is 1. The standard InChI is InChI=1S/C19H24N4O4/c1-25-19(24)14-8-16(22-12-5-6-13(22)11-26-10-12)21-18-15(14)9-20-23(18)17-4-2-3-7-27-17/h8-9,12-13,17H,2-7,10-11H2,1H3. The predicted molar refractivity (Wildman–Crippen MR) is 97.8 cm³/mol. The zero-order valence-corrected chi connectivity index (χ0v) is 15.5. The molecule has 27 heavy (non-hydrogen) atoms. The average molecular weight is 372 g/mol. The Hall–Kier alpha value is -2.19. The second kappa shape index (κ2) is 6.76. The number of fused-ring (bicyclic) bond motifs is 3. The first-order valence-electron chi connectivity index (χ1n) is 9.70. The summed E-state index contributed by atoms with van der Waals surface area (Å²) in [6.07, 6.45) is 6.81. The quantitative estimate of drug-likeness (QED) is 0.765. The molecule has 0 spiro atoms. The topological polar surface area (TPSA) is 78.7 Å². The van der Waals surface area contributed by atoms with Crippen LogP contribution in [0.2, 0.25) is 0 Å². The zero-order valence-electron chi connectivity index (χ0n) is 15.5. The minimum atomic E-state index is -0.367. The summed E-state index contributed by atoms with van der Waals surface area (Å²) in [5.74, 6) is 0.435. The third-order valence-corrected chi connectivity index (χ3v) is 5.89. The Morgan fingerprint density at radius 1 is 1.22 bits per heavy atom. The van der Waals surface area contributed by atoms with Gasteiger partial charge in [0.15, 0.2) is 11.9 Å². The monoisotopic (exact) mass is 372 g/mol. The number of carbonyl (C=O) groups excluding carboxylic acids is 1. The molecule has 2 aromatic heterocycles. The molecule has 3 saturated heterocycles. The van der Waals surface area contributed by atoms with Crippen LogP contribution in [0.25, 0.3) is 11.0 Å². The van der Waals surface area contributed by atoms with E-state index in [1.54, 1.807) is 6.20 Å². The van der Waals surface area contributed by atoms with Gasteiger partial charge in [-0.1, -0.05) is 0 Å². The van der Waals surface area contributed by atoms with Crippen molar-refractivity contribution in [2.24, 2.45) is 0 Å².